The molecule has 0 spiro atoms. The van der Waals surface area contributed by atoms with E-state index in [1.54, 1.807) is 0 Å². The zero-order valence-corrected chi connectivity index (χ0v) is 7.86. The Morgan fingerprint density at radius 3 is 2.12 bits per heavy atom. The van der Waals surface area contributed by atoms with Crippen molar-refractivity contribution in [2.24, 2.45) is 0 Å². The molecule has 17 heavy (non-hydrogen) atoms. The summed E-state index contributed by atoms with van der Waals surface area (Å²) in [7, 11) is -6.00. The van der Waals surface area contributed by atoms with Gasteiger partial charge in [-0.25, -0.2) is 0 Å². The second-order valence-corrected chi connectivity index (χ2v) is 2.49. The molecule has 5 nitrogen and oxygen atoms in total. The summed E-state index contributed by atoms with van der Waals surface area (Å²) in [6.07, 6.45) is 0. The van der Waals surface area contributed by atoms with E-state index in [-0.39, 0.29) is 5.69 Å². The number of diazo groups is 1. The molecule has 0 radical (unpaired) electrons. The summed E-state index contributed by atoms with van der Waals surface area (Å²) in [6, 6.07) is 2.84. The van der Waals surface area contributed by atoms with Gasteiger partial charge in [-0.05, 0) is 6.07 Å². The normalized spacial score (nSPS) is 9.88. The summed E-state index contributed by atoms with van der Waals surface area (Å²) >= 11 is 0. The number of rotatable bonds is 1. The highest BCUT2D eigenvalue weighted by Gasteiger charge is 2.20. The monoisotopic (exact) mass is 255 g/mol. The van der Waals surface area contributed by atoms with Crippen molar-refractivity contribution in [3.8, 4) is 0 Å². The van der Waals surface area contributed by atoms with Crippen molar-refractivity contribution in [3.63, 3.8) is 0 Å². The zero-order valence-electron chi connectivity index (χ0n) is 7.86. The van der Waals surface area contributed by atoms with E-state index in [0.29, 0.717) is 0 Å². The Kier molecular flexibility index (Phi) is 4.98. The average molecular weight is 255 g/mol. The van der Waals surface area contributed by atoms with Gasteiger partial charge >= 0.3 is 18.6 Å². The Morgan fingerprint density at radius 1 is 1.29 bits per heavy atom. The molecule has 0 aliphatic rings. The van der Waals surface area contributed by atoms with Crippen molar-refractivity contribution >= 4 is 18.6 Å². The van der Waals surface area contributed by atoms with Crippen LogP contribution in [0, 0.1) is 21.3 Å². The maximum absolute atomic E-state index is 12.6. The standard InChI is InChI=1S/C6H3FN3O2.BF4/c7-5-2-1-4(9-8)3-6(5)10(11)12;2-1(3,4)5/h1-3H;/q+1;-1. The molecule has 0 aromatic heterocycles. The number of nitrogens with zero attached hydrogens (tertiary/aromatic N) is 3. The van der Waals surface area contributed by atoms with E-state index in [1.165, 1.54) is 0 Å². The number of benzene rings is 1. The molecule has 0 aliphatic carbocycles. The first kappa shape index (κ1) is 14.8. The van der Waals surface area contributed by atoms with E-state index >= 15 is 0 Å². The van der Waals surface area contributed by atoms with Crippen LogP contribution in [0.15, 0.2) is 18.2 Å². The highest BCUT2D eigenvalue weighted by molar-refractivity contribution is 6.50. The molecule has 0 fully saturated rings. The molecule has 0 aliphatic heterocycles. The lowest BCUT2D eigenvalue weighted by Gasteiger charge is -1.94. The highest BCUT2D eigenvalue weighted by Crippen LogP contribution is 2.23. The first-order chi connectivity index (χ1) is 7.65. The van der Waals surface area contributed by atoms with Crippen LogP contribution in [0.25, 0.3) is 4.98 Å². The number of hydrogen-bond acceptors (Lipinski definition) is 3. The Balaban J connectivity index is 0.000000437. The minimum Gasteiger partial charge on any atom is -0.418 e. The van der Waals surface area contributed by atoms with Crippen molar-refractivity contribution in [3.05, 3.63) is 39.1 Å². The predicted molar refractivity (Wildman–Crippen MR) is 48.0 cm³/mol. The summed E-state index contributed by atoms with van der Waals surface area (Å²) in [5, 5.41) is 18.3. The van der Waals surface area contributed by atoms with Crippen molar-refractivity contribution in [1.29, 1.82) is 5.39 Å². The van der Waals surface area contributed by atoms with Crippen LogP contribution in [-0.4, -0.2) is 12.2 Å². The molecule has 0 saturated heterocycles. The summed E-state index contributed by atoms with van der Waals surface area (Å²) in [5.41, 5.74) is -0.756. The smallest absolute Gasteiger partial charge is 0.418 e. The van der Waals surface area contributed by atoms with E-state index in [1.807, 2.05) is 0 Å². The molecule has 0 amide bonds. The van der Waals surface area contributed by atoms with Crippen molar-refractivity contribution < 1.29 is 26.6 Å². The van der Waals surface area contributed by atoms with Crippen LogP contribution in [0.5, 0.6) is 0 Å². The average Bonchev–Trinajstić information content (AvgIpc) is 2.15. The van der Waals surface area contributed by atoms with Gasteiger partial charge in [-0.3, -0.25) is 10.1 Å². The quantitative estimate of drug-likeness (QED) is 0.253. The first-order valence-corrected chi connectivity index (χ1v) is 3.81. The fraction of sp³-hybridized carbons (Fsp3) is 0. The lowest BCUT2D eigenvalue weighted by Crippen LogP contribution is -2.02. The van der Waals surface area contributed by atoms with Crippen LogP contribution >= 0.6 is 0 Å². The Bertz CT molecular complexity index is 452. The third-order valence-electron chi connectivity index (χ3n) is 1.24. The Hall–Kier alpha value is -2.25. The molecule has 0 unspecified atom stereocenters. The molecule has 1 aromatic rings. The van der Waals surface area contributed by atoms with E-state index in [4.69, 9.17) is 5.39 Å². The van der Waals surface area contributed by atoms with Crippen molar-refractivity contribution in [2.75, 3.05) is 0 Å². The van der Waals surface area contributed by atoms with E-state index in [9.17, 15) is 31.8 Å². The third kappa shape index (κ3) is 6.77. The lowest BCUT2D eigenvalue weighted by atomic mass is 10.3. The van der Waals surface area contributed by atoms with Crippen LogP contribution in [0.1, 0.15) is 0 Å². The van der Waals surface area contributed by atoms with Crippen LogP contribution in [0.3, 0.4) is 0 Å². The number of hydrogen-bond donors (Lipinski definition) is 0. The van der Waals surface area contributed by atoms with Crippen LogP contribution in [0.4, 0.5) is 33.0 Å². The second kappa shape index (κ2) is 5.73. The molecular formula is C6H3BF5N3O2. The predicted octanol–water partition coefficient (Wildman–Crippen LogP) is 3.52. The van der Waals surface area contributed by atoms with E-state index in [0.717, 1.165) is 18.2 Å². The topological polar surface area (TPSA) is 71.3 Å². The van der Waals surface area contributed by atoms with Gasteiger partial charge in [0.1, 0.15) is 6.07 Å². The summed E-state index contributed by atoms with van der Waals surface area (Å²) in [5.74, 6) is -0.951. The lowest BCUT2D eigenvalue weighted by molar-refractivity contribution is -0.387. The van der Waals surface area contributed by atoms with Gasteiger partial charge < -0.3 is 17.3 Å². The van der Waals surface area contributed by atoms with Gasteiger partial charge in [0, 0.05) is 6.07 Å². The zero-order chi connectivity index (χ0) is 13.6. The Labute approximate surface area is 90.7 Å². The van der Waals surface area contributed by atoms with Crippen LogP contribution in [0.2, 0.25) is 0 Å². The maximum Gasteiger partial charge on any atom is 0.673 e. The summed E-state index contributed by atoms with van der Waals surface area (Å²) < 4.78 is 51.6. The molecule has 0 heterocycles. The number of halogens is 5. The largest absolute Gasteiger partial charge is 0.673 e. The minimum absolute atomic E-state index is 0.0527. The molecular weight excluding hydrogens is 252 g/mol. The van der Waals surface area contributed by atoms with Crippen LogP contribution in [-0.2, 0) is 0 Å². The van der Waals surface area contributed by atoms with Gasteiger partial charge in [-0.15, -0.1) is 0 Å². The molecule has 1 aromatic carbocycles. The van der Waals surface area contributed by atoms with Gasteiger partial charge in [0.25, 0.3) is 0 Å². The third-order valence-corrected chi connectivity index (χ3v) is 1.24. The van der Waals surface area contributed by atoms with Crippen LogP contribution < -0.4 is 0 Å². The van der Waals surface area contributed by atoms with Gasteiger partial charge in [0.05, 0.1) is 4.92 Å². The fourth-order valence-electron chi connectivity index (χ4n) is 0.703. The van der Waals surface area contributed by atoms with E-state index < -0.39 is 23.7 Å². The fourth-order valence-corrected chi connectivity index (χ4v) is 0.703. The number of nitro benzene ring substituents is 1. The molecule has 0 atom stereocenters. The van der Waals surface area contributed by atoms with Gasteiger partial charge in [0.2, 0.25) is 11.2 Å². The first-order valence-electron chi connectivity index (χ1n) is 3.81. The molecule has 92 valence electrons. The number of nitro groups is 1. The van der Waals surface area contributed by atoms with Gasteiger partial charge in [-0.1, -0.05) is 0 Å². The molecule has 0 bridgehead atoms. The van der Waals surface area contributed by atoms with Crippen molar-refractivity contribution in [1.82, 2.24) is 0 Å². The summed E-state index contributed by atoms with van der Waals surface area (Å²) in [6.45, 7) is 0. The second-order valence-electron chi connectivity index (χ2n) is 2.49. The minimum atomic E-state index is -6.00. The van der Waals surface area contributed by atoms with Crippen molar-refractivity contribution in [2.45, 2.75) is 0 Å². The maximum atomic E-state index is 12.6. The highest BCUT2D eigenvalue weighted by atomic mass is 19.5. The Morgan fingerprint density at radius 2 is 1.76 bits per heavy atom. The molecule has 0 N–H and O–H groups in total. The van der Waals surface area contributed by atoms with E-state index in [2.05, 4.69) is 4.98 Å². The summed E-state index contributed by atoms with van der Waals surface area (Å²) in [4.78, 5) is 11.9. The van der Waals surface area contributed by atoms with Gasteiger partial charge in [0.15, 0.2) is 4.98 Å². The SMILES string of the molecule is F[B-](F)(F)F.N#[N+]c1ccc(F)c([N+](=O)[O-])c1. The molecule has 11 heteroatoms. The van der Waals surface area contributed by atoms with Gasteiger partial charge in [-0.2, -0.15) is 4.39 Å². The molecule has 1 rings (SSSR count). The molecule has 0 saturated carbocycles.